The van der Waals surface area contributed by atoms with Gasteiger partial charge in [0.1, 0.15) is 5.82 Å². The molecule has 0 bridgehead atoms. The van der Waals surface area contributed by atoms with E-state index < -0.39 is 0 Å². The van der Waals surface area contributed by atoms with Crippen LogP contribution in [0.2, 0.25) is 0 Å². The van der Waals surface area contributed by atoms with Crippen LogP contribution in [0.25, 0.3) is 6.08 Å². The number of aryl methyl sites for hydroxylation is 1. The highest BCUT2D eigenvalue weighted by Gasteiger charge is 2.27. The summed E-state index contributed by atoms with van der Waals surface area (Å²) >= 11 is 0. The van der Waals surface area contributed by atoms with Gasteiger partial charge in [0.15, 0.2) is 11.5 Å². The lowest BCUT2D eigenvalue weighted by molar-refractivity contribution is -0.114. The number of halogens is 1. The van der Waals surface area contributed by atoms with Crippen molar-refractivity contribution in [3.05, 3.63) is 59.4 Å². The SMILES string of the molecule is COc1ccc(/C=C/C(=O)N2c3ccc(F)cc3CCC2C)cc1OC. The summed E-state index contributed by atoms with van der Waals surface area (Å²) in [5, 5.41) is 0. The van der Waals surface area contributed by atoms with Crippen LogP contribution in [0.4, 0.5) is 10.1 Å². The first kappa shape index (κ1) is 18.0. The van der Waals surface area contributed by atoms with Crippen molar-refractivity contribution in [2.45, 2.75) is 25.8 Å². The zero-order valence-corrected chi connectivity index (χ0v) is 15.2. The third-order valence-corrected chi connectivity index (χ3v) is 4.64. The fraction of sp³-hybridized carbons (Fsp3) is 0.286. The maximum atomic E-state index is 13.5. The summed E-state index contributed by atoms with van der Waals surface area (Å²) in [5.41, 5.74) is 2.49. The number of nitrogens with zero attached hydrogens (tertiary/aromatic N) is 1. The van der Waals surface area contributed by atoms with Gasteiger partial charge in [-0.2, -0.15) is 0 Å². The molecule has 1 aliphatic rings. The molecule has 0 saturated heterocycles. The molecule has 2 aromatic carbocycles. The molecule has 1 heterocycles. The Balaban J connectivity index is 1.85. The molecule has 1 unspecified atom stereocenters. The van der Waals surface area contributed by atoms with E-state index >= 15 is 0 Å². The molecule has 0 N–H and O–H groups in total. The maximum absolute atomic E-state index is 13.5. The van der Waals surface area contributed by atoms with Crippen LogP contribution in [0.3, 0.4) is 0 Å². The summed E-state index contributed by atoms with van der Waals surface area (Å²) < 4.78 is 24.0. The molecule has 0 fully saturated rings. The Bertz CT molecular complexity index is 847. The molecule has 0 saturated carbocycles. The minimum absolute atomic E-state index is 0.0653. The molecule has 0 radical (unpaired) electrons. The summed E-state index contributed by atoms with van der Waals surface area (Å²) in [6.45, 7) is 2.01. The van der Waals surface area contributed by atoms with E-state index in [0.29, 0.717) is 11.5 Å². The lowest BCUT2D eigenvalue weighted by Gasteiger charge is -2.34. The lowest BCUT2D eigenvalue weighted by atomic mass is 9.96. The molecule has 0 aromatic heterocycles. The van der Waals surface area contributed by atoms with Gasteiger partial charge in [0.05, 0.1) is 14.2 Å². The van der Waals surface area contributed by atoms with E-state index in [0.717, 1.165) is 29.7 Å². The zero-order chi connectivity index (χ0) is 18.7. The van der Waals surface area contributed by atoms with Crippen molar-refractivity contribution < 1.29 is 18.7 Å². The van der Waals surface area contributed by atoms with Gasteiger partial charge in [-0.1, -0.05) is 6.07 Å². The smallest absolute Gasteiger partial charge is 0.251 e. The topological polar surface area (TPSA) is 38.8 Å². The van der Waals surface area contributed by atoms with Crippen molar-refractivity contribution in [1.29, 1.82) is 0 Å². The molecule has 4 nitrogen and oxygen atoms in total. The molecule has 0 aliphatic carbocycles. The summed E-state index contributed by atoms with van der Waals surface area (Å²) in [6.07, 6.45) is 4.87. The molecule has 5 heteroatoms. The standard InChI is InChI=1S/C21H22FNO3/c1-14-4-7-16-13-17(22)8-9-18(16)23(14)21(24)11-6-15-5-10-19(25-2)20(12-15)26-3/h5-6,8-14H,4,7H2,1-3H3/b11-6+. The monoisotopic (exact) mass is 355 g/mol. The van der Waals surface area contributed by atoms with Crippen LogP contribution in [0.5, 0.6) is 11.5 Å². The Morgan fingerprint density at radius 1 is 1.15 bits per heavy atom. The highest BCUT2D eigenvalue weighted by Crippen LogP contribution is 2.32. The second kappa shape index (κ2) is 7.60. The van der Waals surface area contributed by atoms with Crippen LogP contribution < -0.4 is 14.4 Å². The third-order valence-electron chi connectivity index (χ3n) is 4.64. The Kier molecular flexibility index (Phi) is 5.26. The zero-order valence-electron chi connectivity index (χ0n) is 15.2. The Morgan fingerprint density at radius 3 is 2.65 bits per heavy atom. The fourth-order valence-electron chi connectivity index (χ4n) is 3.26. The normalized spacial score (nSPS) is 16.5. The van der Waals surface area contributed by atoms with E-state index in [9.17, 15) is 9.18 Å². The third kappa shape index (κ3) is 3.57. The number of fused-ring (bicyclic) bond motifs is 1. The molecule has 1 atom stereocenters. The molecular weight excluding hydrogens is 333 g/mol. The number of benzene rings is 2. The van der Waals surface area contributed by atoms with Gasteiger partial charge in [-0.15, -0.1) is 0 Å². The number of hydrogen-bond donors (Lipinski definition) is 0. The predicted molar refractivity (Wildman–Crippen MR) is 100 cm³/mol. The molecule has 2 aromatic rings. The summed E-state index contributed by atoms with van der Waals surface area (Å²) in [5.74, 6) is 0.845. The van der Waals surface area contributed by atoms with Crippen molar-refractivity contribution >= 4 is 17.7 Å². The van der Waals surface area contributed by atoms with E-state index in [1.165, 1.54) is 18.2 Å². The second-order valence-corrected chi connectivity index (χ2v) is 6.32. The average Bonchev–Trinajstić information content (AvgIpc) is 2.65. The van der Waals surface area contributed by atoms with Crippen LogP contribution >= 0.6 is 0 Å². The number of rotatable bonds is 4. The number of carbonyl (C=O) groups is 1. The van der Waals surface area contributed by atoms with Crippen molar-refractivity contribution in [3.63, 3.8) is 0 Å². The van der Waals surface area contributed by atoms with E-state index in [4.69, 9.17) is 9.47 Å². The van der Waals surface area contributed by atoms with Crippen LogP contribution in [0.15, 0.2) is 42.5 Å². The number of amides is 1. The molecule has 1 aliphatic heterocycles. The number of anilines is 1. The van der Waals surface area contributed by atoms with E-state index in [-0.39, 0.29) is 17.8 Å². The van der Waals surface area contributed by atoms with Crippen LogP contribution in [-0.4, -0.2) is 26.2 Å². The Labute approximate surface area is 152 Å². The van der Waals surface area contributed by atoms with Gasteiger partial charge in [0.25, 0.3) is 5.91 Å². The quantitative estimate of drug-likeness (QED) is 0.771. The average molecular weight is 355 g/mol. The Hall–Kier alpha value is -2.82. The number of methoxy groups -OCH3 is 2. The summed E-state index contributed by atoms with van der Waals surface area (Å²) in [7, 11) is 3.15. The minimum atomic E-state index is -0.272. The van der Waals surface area contributed by atoms with Crippen molar-refractivity contribution in [3.8, 4) is 11.5 Å². The van der Waals surface area contributed by atoms with Crippen LogP contribution in [-0.2, 0) is 11.2 Å². The highest BCUT2D eigenvalue weighted by molar-refractivity contribution is 6.05. The number of hydrogen-bond acceptors (Lipinski definition) is 3. The van der Waals surface area contributed by atoms with Crippen molar-refractivity contribution in [1.82, 2.24) is 0 Å². The molecule has 3 rings (SSSR count). The molecule has 1 amide bonds. The molecule has 136 valence electrons. The van der Waals surface area contributed by atoms with E-state index in [1.54, 1.807) is 37.3 Å². The van der Waals surface area contributed by atoms with Gasteiger partial charge in [-0.3, -0.25) is 4.79 Å². The van der Waals surface area contributed by atoms with Gasteiger partial charge in [0, 0.05) is 17.8 Å². The van der Waals surface area contributed by atoms with Gasteiger partial charge in [-0.05, 0) is 67.3 Å². The second-order valence-electron chi connectivity index (χ2n) is 6.32. The first-order chi connectivity index (χ1) is 12.5. The van der Waals surface area contributed by atoms with Gasteiger partial charge < -0.3 is 14.4 Å². The summed E-state index contributed by atoms with van der Waals surface area (Å²) in [4.78, 5) is 14.5. The van der Waals surface area contributed by atoms with Gasteiger partial charge in [0.2, 0.25) is 0 Å². The van der Waals surface area contributed by atoms with E-state index in [1.807, 2.05) is 19.1 Å². The molecular formula is C21H22FNO3. The van der Waals surface area contributed by atoms with Gasteiger partial charge in [-0.25, -0.2) is 4.39 Å². The van der Waals surface area contributed by atoms with Crippen LogP contribution in [0, 0.1) is 5.82 Å². The van der Waals surface area contributed by atoms with Crippen molar-refractivity contribution in [2.24, 2.45) is 0 Å². The number of ether oxygens (including phenoxy) is 2. The van der Waals surface area contributed by atoms with Crippen LogP contribution in [0.1, 0.15) is 24.5 Å². The maximum Gasteiger partial charge on any atom is 0.251 e. The van der Waals surface area contributed by atoms with E-state index in [2.05, 4.69) is 0 Å². The van der Waals surface area contributed by atoms with Gasteiger partial charge >= 0.3 is 0 Å². The first-order valence-electron chi connectivity index (χ1n) is 8.55. The first-order valence-corrected chi connectivity index (χ1v) is 8.55. The predicted octanol–water partition coefficient (Wildman–Crippen LogP) is 4.22. The minimum Gasteiger partial charge on any atom is -0.493 e. The Morgan fingerprint density at radius 2 is 1.92 bits per heavy atom. The van der Waals surface area contributed by atoms with Crippen molar-refractivity contribution in [2.75, 3.05) is 19.1 Å². The summed E-state index contributed by atoms with van der Waals surface area (Å²) in [6, 6.07) is 10.1. The molecule has 26 heavy (non-hydrogen) atoms. The fourth-order valence-corrected chi connectivity index (χ4v) is 3.26. The lowest BCUT2D eigenvalue weighted by Crippen LogP contribution is -2.41. The molecule has 0 spiro atoms. The largest absolute Gasteiger partial charge is 0.493 e. The highest BCUT2D eigenvalue weighted by atomic mass is 19.1. The number of carbonyl (C=O) groups excluding carboxylic acids is 1.